The van der Waals surface area contributed by atoms with Crippen molar-refractivity contribution < 1.29 is 9.59 Å². The molecule has 0 aromatic heterocycles. The van der Waals surface area contributed by atoms with Gasteiger partial charge in [0.2, 0.25) is 5.78 Å². The Kier molecular flexibility index (Phi) is 3.33. The van der Waals surface area contributed by atoms with Crippen LogP contribution in [0.25, 0.3) is 0 Å². The molecule has 0 aliphatic heterocycles. The van der Waals surface area contributed by atoms with Gasteiger partial charge in [-0.1, -0.05) is 32.9 Å². The lowest BCUT2D eigenvalue weighted by Crippen LogP contribution is -2.54. The molecule has 3 nitrogen and oxygen atoms in total. The van der Waals surface area contributed by atoms with Gasteiger partial charge >= 0.3 is 0 Å². The third-order valence-electron chi connectivity index (χ3n) is 8.45. The summed E-state index contributed by atoms with van der Waals surface area (Å²) in [5, 5.41) is 0. The summed E-state index contributed by atoms with van der Waals surface area (Å²) >= 11 is 0. The van der Waals surface area contributed by atoms with Crippen molar-refractivity contribution in [3.8, 4) is 0 Å². The van der Waals surface area contributed by atoms with E-state index in [9.17, 15) is 9.59 Å². The summed E-state index contributed by atoms with van der Waals surface area (Å²) in [6.45, 7) is 13.1. The number of allylic oxidation sites excluding steroid dienone is 4. The van der Waals surface area contributed by atoms with E-state index in [-0.39, 0.29) is 22.5 Å². The first-order valence-corrected chi connectivity index (χ1v) is 9.59. The standard InChI is InChI=1S/C22H29NO2/c1-11-10-16(24)20(23)19-13(3)12(2)18-14-6-7-17(25)21(14,4)9-8-15(18)22(11,19)5/h10,12,14-15,18H,3,6-9,23H2,1-2,4-5H3/t12-,14+,15+,18+,21+,22-/m1/s1. The first-order chi connectivity index (χ1) is 11.6. The maximum absolute atomic E-state index is 12.6. The first-order valence-electron chi connectivity index (χ1n) is 9.59. The number of hydrogen-bond donors (Lipinski definition) is 1. The summed E-state index contributed by atoms with van der Waals surface area (Å²) in [7, 11) is 0. The molecule has 2 N–H and O–H groups in total. The molecule has 0 amide bonds. The molecular weight excluding hydrogens is 310 g/mol. The maximum atomic E-state index is 12.6. The Bertz CT molecular complexity index is 773. The molecule has 3 heteroatoms. The molecule has 3 saturated carbocycles. The van der Waals surface area contributed by atoms with E-state index in [4.69, 9.17) is 5.73 Å². The number of carbonyl (C=O) groups excluding carboxylic acids is 2. The van der Waals surface area contributed by atoms with Crippen molar-refractivity contribution in [2.45, 2.75) is 53.4 Å². The molecular formula is C22H29NO2. The number of rotatable bonds is 0. The highest BCUT2D eigenvalue weighted by Crippen LogP contribution is 2.67. The Labute approximate surface area is 150 Å². The fraction of sp³-hybridized carbons (Fsp3) is 0.636. The Morgan fingerprint density at radius 2 is 1.88 bits per heavy atom. The topological polar surface area (TPSA) is 60.2 Å². The van der Waals surface area contributed by atoms with Crippen molar-refractivity contribution in [2.75, 3.05) is 0 Å². The van der Waals surface area contributed by atoms with Gasteiger partial charge in [-0.05, 0) is 67.1 Å². The summed E-state index contributed by atoms with van der Waals surface area (Å²) in [6, 6.07) is 0. The summed E-state index contributed by atoms with van der Waals surface area (Å²) in [6.07, 6.45) is 5.43. The van der Waals surface area contributed by atoms with Crippen LogP contribution in [0.3, 0.4) is 0 Å². The monoisotopic (exact) mass is 339 g/mol. The largest absolute Gasteiger partial charge is 0.395 e. The summed E-state index contributed by atoms with van der Waals surface area (Å²) in [5.74, 6) is 1.93. The van der Waals surface area contributed by atoms with Gasteiger partial charge in [-0.15, -0.1) is 0 Å². The van der Waals surface area contributed by atoms with Gasteiger partial charge in [0.05, 0.1) is 5.70 Å². The van der Waals surface area contributed by atoms with Gasteiger partial charge in [0.15, 0.2) is 0 Å². The maximum Gasteiger partial charge on any atom is 0.201 e. The van der Waals surface area contributed by atoms with Crippen LogP contribution in [0.15, 0.2) is 35.1 Å². The van der Waals surface area contributed by atoms with Crippen LogP contribution in [0, 0.1) is 34.5 Å². The van der Waals surface area contributed by atoms with Crippen LogP contribution < -0.4 is 5.73 Å². The average Bonchev–Trinajstić information content (AvgIpc) is 2.86. The van der Waals surface area contributed by atoms with Crippen LogP contribution >= 0.6 is 0 Å². The average molecular weight is 339 g/mol. The molecule has 0 heterocycles. The highest BCUT2D eigenvalue weighted by molar-refractivity contribution is 6.06. The first kappa shape index (κ1) is 16.8. The molecule has 0 unspecified atom stereocenters. The lowest BCUT2D eigenvalue weighted by molar-refractivity contribution is -0.132. The van der Waals surface area contributed by atoms with E-state index in [0.29, 0.717) is 29.2 Å². The SMILES string of the molecule is C=C1C2=C(N)C(=O)C=C(C)[C@]2(C)[C@H]2CC[C@]3(C)C(=O)CC[C@H]3[C@@H]2[C@@H]1C. The molecule has 4 aliphatic carbocycles. The van der Waals surface area contributed by atoms with E-state index in [1.165, 1.54) is 0 Å². The van der Waals surface area contributed by atoms with E-state index >= 15 is 0 Å². The third kappa shape index (κ3) is 1.82. The highest BCUT2D eigenvalue weighted by atomic mass is 16.1. The fourth-order valence-corrected chi connectivity index (χ4v) is 6.81. The molecule has 3 fully saturated rings. The Balaban J connectivity index is 1.89. The Hall–Kier alpha value is -1.64. The Morgan fingerprint density at radius 3 is 2.56 bits per heavy atom. The van der Waals surface area contributed by atoms with Crippen LogP contribution in [-0.2, 0) is 9.59 Å². The van der Waals surface area contributed by atoms with Gasteiger partial charge < -0.3 is 5.73 Å². The van der Waals surface area contributed by atoms with Gasteiger partial charge in [0.25, 0.3) is 0 Å². The molecule has 0 aromatic rings. The van der Waals surface area contributed by atoms with Crippen LogP contribution in [0.4, 0.5) is 0 Å². The highest BCUT2D eigenvalue weighted by Gasteiger charge is 2.62. The Morgan fingerprint density at radius 1 is 1.20 bits per heavy atom. The van der Waals surface area contributed by atoms with E-state index in [1.807, 2.05) is 0 Å². The van der Waals surface area contributed by atoms with Crippen LogP contribution in [-0.4, -0.2) is 11.6 Å². The summed E-state index contributed by atoms with van der Waals surface area (Å²) < 4.78 is 0. The van der Waals surface area contributed by atoms with Crippen molar-refractivity contribution >= 4 is 11.6 Å². The van der Waals surface area contributed by atoms with Crippen molar-refractivity contribution in [3.63, 3.8) is 0 Å². The third-order valence-corrected chi connectivity index (χ3v) is 8.45. The predicted octanol–water partition coefficient (Wildman–Crippen LogP) is 3.95. The molecule has 0 spiro atoms. The minimum Gasteiger partial charge on any atom is -0.395 e. The van der Waals surface area contributed by atoms with E-state index in [0.717, 1.165) is 42.4 Å². The molecule has 134 valence electrons. The minimum absolute atomic E-state index is 0.0755. The molecule has 0 aromatic carbocycles. The number of Topliss-reactive ketones (excluding diaryl/α,β-unsaturated/α-hetero) is 1. The zero-order chi connectivity index (χ0) is 18.3. The van der Waals surface area contributed by atoms with Crippen LogP contribution in [0.5, 0.6) is 0 Å². The van der Waals surface area contributed by atoms with Crippen molar-refractivity contribution in [1.82, 2.24) is 0 Å². The van der Waals surface area contributed by atoms with E-state index in [1.54, 1.807) is 6.08 Å². The molecule has 0 saturated heterocycles. The smallest absolute Gasteiger partial charge is 0.201 e. The second kappa shape index (κ2) is 4.96. The number of hydrogen-bond acceptors (Lipinski definition) is 3. The molecule has 0 radical (unpaired) electrons. The molecule has 4 aliphatic rings. The zero-order valence-corrected chi connectivity index (χ0v) is 15.8. The number of nitrogens with two attached hydrogens (primary N) is 1. The summed E-state index contributed by atoms with van der Waals surface area (Å²) in [5.41, 5.74) is 9.39. The minimum atomic E-state index is -0.223. The van der Waals surface area contributed by atoms with Gasteiger partial charge in [-0.3, -0.25) is 9.59 Å². The van der Waals surface area contributed by atoms with Gasteiger partial charge in [0.1, 0.15) is 5.78 Å². The molecule has 6 atom stereocenters. The number of fused-ring (bicyclic) bond motifs is 5. The van der Waals surface area contributed by atoms with E-state index < -0.39 is 0 Å². The van der Waals surface area contributed by atoms with Crippen LogP contribution in [0.1, 0.15) is 53.4 Å². The van der Waals surface area contributed by atoms with Gasteiger partial charge in [-0.25, -0.2) is 0 Å². The van der Waals surface area contributed by atoms with E-state index in [2.05, 4.69) is 34.3 Å². The second-order valence-electron chi connectivity index (χ2n) is 9.20. The van der Waals surface area contributed by atoms with Crippen LogP contribution in [0.2, 0.25) is 0 Å². The zero-order valence-electron chi connectivity index (χ0n) is 15.8. The normalized spacial score (nSPS) is 46.6. The van der Waals surface area contributed by atoms with Crippen molar-refractivity contribution in [2.24, 2.45) is 40.2 Å². The number of ketones is 2. The summed E-state index contributed by atoms with van der Waals surface area (Å²) in [4.78, 5) is 25.0. The quantitative estimate of drug-likeness (QED) is 0.727. The predicted molar refractivity (Wildman–Crippen MR) is 98.4 cm³/mol. The lowest BCUT2D eigenvalue weighted by atomic mass is 9.44. The number of carbonyl (C=O) groups is 2. The molecule has 0 bridgehead atoms. The van der Waals surface area contributed by atoms with Gasteiger partial charge in [-0.2, -0.15) is 0 Å². The van der Waals surface area contributed by atoms with Gasteiger partial charge in [0, 0.05) is 17.3 Å². The molecule has 4 rings (SSSR count). The second-order valence-corrected chi connectivity index (χ2v) is 9.20. The molecule has 25 heavy (non-hydrogen) atoms. The van der Waals surface area contributed by atoms with Crippen molar-refractivity contribution in [3.05, 3.63) is 35.1 Å². The fourth-order valence-electron chi connectivity index (χ4n) is 6.81. The van der Waals surface area contributed by atoms with Crippen molar-refractivity contribution in [1.29, 1.82) is 0 Å². The lowest BCUT2D eigenvalue weighted by Gasteiger charge is -2.60.